The standard InChI is InChI=1S/C8H15NO2S/c1-6(2)11-8(10)7-5-12-4-3-9-7/h6-7,9H,3-5H2,1-2H3. The first kappa shape index (κ1) is 9.86. The molecule has 4 heteroatoms. The van der Waals surface area contributed by atoms with Crippen molar-refractivity contribution < 1.29 is 9.53 Å². The summed E-state index contributed by atoms with van der Waals surface area (Å²) in [5.41, 5.74) is 0. The van der Waals surface area contributed by atoms with Crippen LogP contribution in [0.4, 0.5) is 0 Å². The average Bonchev–Trinajstić information content (AvgIpc) is 2.05. The summed E-state index contributed by atoms with van der Waals surface area (Å²) in [7, 11) is 0. The Hall–Kier alpha value is -0.220. The lowest BCUT2D eigenvalue weighted by molar-refractivity contribution is -0.149. The van der Waals surface area contributed by atoms with E-state index in [0.717, 1.165) is 18.1 Å². The van der Waals surface area contributed by atoms with E-state index in [1.807, 2.05) is 13.8 Å². The van der Waals surface area contributed by atoms with Gasteiger partial charge in [-0.25, -0.2) is 0 Å². The predicted molar refractivity (Wildman–Crippen MR) is 50.3 cm³/mol. The fourth-order valence-electron chi connectivity index (χ4n) is 1.03. The Morgan fingerprint density at radius 3 is 2.92 bits per heavy atom. The maximum atomic E-state index is 11.3. The van der Waals surface area contributed by atoms with Gasteiger partial charge in [0.25, 0.3) is 0 Å². The highest BCUT2D eigenvalue weighted by atomic mass is 32.2. The third-order valence-corrected chi connectivity index (χ3v) is 2.62. The third-order valence-electron chi connectivity index (χ3n) is 1.56. The van der Waals surface area contributed by atoms with Gasteiger partial charge < -0.3 is 10.1 Å². The SMILES string of the molecule is CC(C)OC(=O)C1CSCCN1. The molecule has 0 radical (unpaired) electrons. The van der Waals surface area contributed by atoms with Crippen LogP contribution in [-0.2, 0) is 9.53 Å². The number of thioether (sulfide) groups is 1. The van der Waals surface area contributed by atoms with Crippen molar-refractivity contribution in [2.24, 2.45) is 0 Å². The zero-order valence-electron chi connectivity index (χ0n) is 7.50. The molecule has 1 aliphatic rings. The fourth-order valence-corrected chi connectivity index (χ4v) is 1.95. The summed E-state index contributed by atoms with van der Waals surface area (Å²) in [5.74, 6) is 1.81. The molecule has 1 unspecified atom stereocenters. The Labute approximate surface area is 77.2 Å². The van der Waals surface area contributed by atoms with Gasteiger partial charge >= 0.3 is 5.97 Å². The molecular formula is C8H15NO2S. The van der Waals surface area contributed by atoms with Gasteiger partial charge in [-0.3, -0.25) is 4.79 Å². The molecule has 0 aromatic rings. The summed E-state index contributed by atoms with van der Waals surface area (Å²) >= 11 is 1.80. The highest BCUT2D eigenvalue weighted by molar-refractivity contribution is 7.99. The van der Waals surface area contributed by atoms with Crippen molar-refractivity contribution in [3.05, 3.63) is 0 Å². The average molecular weight is 189 g/mol. The van der Waals surface area contributed by atoms with Gasteiger partial charge in [-0.2, -0.15) is 11.8 Å². The molecule has 1 rings (SSSR count). The van der Waals surface area contributed by atoms with Crippen LogP contribution in [-0.4, -0.2) is 36.2 Å². The van der Waals surface area contributed by atoms with Crippen molar-refractivity contribution in [3.8, 4) is 0 Å². The zero-order chi connectivity index (χ0) is 8.97. The molecule has 1 aliphatic heterocycles. The summed E-state index contributed by atoms with van der Waals surface area (Å²) in [6.07, 6.45) is -0.00812. The van der Waals surface area contributed by atoms with Crippen LogP contribution >= 0.6 is 11.8 Å². The zero-order valence-corrected chi connectivity index (χ0v) is 8.32. The monoisotopic (exact) mass is 189 g/mol. The van der Waals surface area contributed by atoms with E-state index in [0.29, 0.717) is 0 Å². The number of carbonyl (C=O) groups is 1. The van der Waals surface area contributed by atoms with Crippen molar-refractivity contribution in [2.75, 3.05) is 18.1 Å². The second-order valence-electron chi connectivity index (χ2n) is 3.07. The Bertz CT molecular complexity index is 155. The number of hydrogen-bond acceptors (Lipinski definition) is 4. The Morgan fingerprint density at radius 1 is 1.67 bits per heavy atom. The second kappa shape index (κ2) is 4.72. The number of hydrogen-bond donors (Lipinski definition) is 1. The van der Waals surface area contributed by atoms with Crippen LogP contribution in [0.5, 0.6) is 0 Å². The van der Waals surface area contributed by atoms with Crippen molar-refractivity contribution in [2.45, 2.75) is 26.0 Å². The van der Waals surface area contributed by atoms with E-state index in [-0.39, 0.29) is 18.1 Å². The lowest BCUT2D eigenvalue weighted by Crippen LogP contribution is -2.44. The molecule has 0 bridgehead atoms. The molecule has 1 atom stereocenters. The van der Waals surface area contributed by atoms with E-state index in [1.54, 1.807) is 11.8 Å². The van der Waals surface area contributed by atoms with E-state index in [4.69, 9.17) is 4.74 Å². The van der Waals surface area contributed by atoms with E-state index in [1.165, 1.54) is 0 Å². The van der Waals surface area contributed by atoms with Crippen LogP contribution in [0.25, 0.3) is 0 Å². The first-order valence-electron chi connectivity index (χ1n) is 4.22. The summed E-state index contributed by atoms with van der Waals surface area (Å²) in [6.45, 7) is 4.64. The van der Waals surface area contributed by atoms with Crippen molar-refractivity contribution in [1.29, 1.82) is 0 Å². The topological polar surface area (TPSA) is 38.3 Å². The number of rotatable bonds is 2. The third kappa shape index (κ3) is 3.03. The maximum Gasteiger partial charge on any atom is 0.324 e. The molecule has 1 fully saturated rings. The van der Waals surface area contributed by atoms with E-state index < -0.39 is 0 Å². The van der Waals surface area contributed by atoms with Gasteiger partial charge in [0.1, 0.15) is 6.04 Å². The minimum atomic E-state index is -0.114. The molecule has 1 heterocycles. The molecule has 1 N–H and O–H groups in total. The minimum absolute atomic E-state index is 0.00812. The smallest absolute Gasteiger partial charge is 0.324 e. The number of carbonyl (C=O) groups excluding carboxylic acids is 1. The lowest BCUT2D eigenvalue weighted by atomic mass is 10.3. The first-order valence-corrected chi connectivity index (χ1v) is 5.37. The van der Waals surface area contributed by atoms with Gasteiger partial charge in [-0.15, -0.1) is 0 Å². The van der Waals surface area contributed by atoms with Crippen LogP contribution in [0, 0.1) is 0 Å². The van der Waals surface area contributed by atoms with Gasteiger partial charge in [0.05, 0.1) is 6.10 Å². The maximum absolute atomic E-state index is 11.3. The van der Waals surface area contributed by atoms with Gasteiger partial charge in [0.2, 0.25) is 0 Å². The molecule has 12 heavy (non-hydrogen) atoms. The summed E-state index contributed by atoms with van der Waals surface area (Å²) < 4.78 is 5.07. The molecule has 0 aromatic carbocycles. The molecule has 0 spiro atoms. The van der Waals surface area contributed by atoms with Crippen molar-refractivity contribution in [3.63, 3.8) is 0 Å². The van der Waals surface area contributed by atoms with Gasteiger partial charge in [-0.05, 0) is 13.8 Å². The van der Waals surface area contributed by atoms with Crippen LogP contribution < -0.4 is 5.32 Å². The Morgan fingerprint density at radius 2 is 2.42 bits per heavy atom. The van der Waals surface area contributed by atoms with E-state index in [2.05, 4.69) is 5.32 Å². The second-order valence-corrected chi connectivity index (χ2v) is 4.22. The van der Waals surface area contributed by atoms with Crippen LogP contribution in [0.15, 0.2) is 0 Å². The molecular weight excluding hydrogens is 174 g/mol. The van der Waals surface area contributed by atoms with Gasteiger partial charge in [0.15, 0.2) is 0 Å². The van der Waals surface area contributed by atoms with Crippen molar-refractivity contribution >= 4 is 17.7 Å². The molecule has 0 aromatic heterocycles. The number of nitrogens with one attached hydrogen (secondary N) is 1. The van der Waals surface area contributed by atoms with E-state index >= 15 is 0 Å². The fraction of sp³-hybridized carbons (Fsp3) is 0.875. The highest BCUT2D eigenvalue weighted by Crippen LogP contribution is 2.09. The van der Waals surface area contributed by atoms with Gasteiger partial charge in [0, 0.05) is 18.1 Å². The number of ether oxygens (including phenoxy) is 1. The van der Waals surface area contributed by atoms with Crippen LogP contribution in [0.2, 0.25) is 0 Å². The molecule has 3 nitrogen and oxygen atoms in total. The molecule has 0 saturated carbocycles. The van der Waals surface area contributed by atoms with Gasteiger partial charge in [-0.1, -0.05) is 0 Å². The van der Waals surface area contributed by atoms with Crippen LogP contribution in [0.1, 0.15) is 13.8 Å². The minimum Gasteiger partial charge on any atom is -0.462 e. The Balaban J connectivity index is 2.30. The summed E-state index contributed by atoms with van der Waals surface area (Å²) in [4.78, 5) is 11.3. The molecule has 0 amide bonds. The van der Waals surface area contributed by atoms with E-state index in [9.17, 15) is 4.79 Å². The number of esters is 1. The largest absolute Gasteiger partial charge is 0.462 e. The normalized spacial score (nSPS) is 24.1. The van der Waals surface area contributed by atoms with Crippen LogP contribution in [0.3, 0.4) is 0 Å². The summed E-state index contributed by atoms with van der Waals surface area (Å²) in [5, 5.41) is 3.13. The highest BCUT2D eigenvalue weighted by Gasteiger charge is 2.22. The lowest BCUT2D eigenvalue weighted by Gasteiger charge is -2.22. The molecule has 70 valence electrons. The molecule has 1 saturated heterocycles. The predicted octanol–water partition coefficient (Wildman–Crippen LogP) is 0.643. The van der Waals surface area contributed by atoms with Crippen molar-refractivity contribution in [1.82, 2.24) is 5.32 Å². The molecule has 0 aliphatic carbocycles. The Kier molecular flexibility index (Phi) is 3.88. The first-order chi connectivity index (χ1) is 5.70. The quantitative estimate of drug-likeness (QED) is 0.647. The summed E-state index contributed by atoms with van der Waals surface area (Å²) in [6, 6.07) is -0.0915.